The van der Waals surface area contributed by atoms with Crippen molar-refractivity contribution in [2.24, 2.45) is 0 Å². The van der Waals surface area contributed by atoms with Gasteiger partial charge in [0.1, 0.15) is 5.75 Å². The van der Waals surface area contributed by atoms with Gasteiger partial charge in [-0.25, -0.2) is 0 Å². The van der Waals surface area contributed by atoms with Crippen molar-refractivity contribution in [2.45, 2.75) is 12.6 Å². The number of alkyl halides is 3. The molecule has 26 heavy (non-hydrogen) atoms. The lowest BCUT2D eigenvalue weighted by atomic mass is 10.1. The lowest BCUT2D eigenvalue weighted by molar-refractivity contribution is -0.143. The molecule has 0 heterocycles. The number of nitrogens with zero attached hydrogens (tertiary/aromatic N) is 1. The molecule has 0 aliphatic rings. The standard InChI is InChI=1S/C18H20BrF3N2O2/c1-24(12-18(20,21)22)10-4-9-23-16(25)11-26-15-8-7-13-5-2-3-6-14(13)17(15)19/h2-3,5-8H,4,9-12H2,1H3,(H,23,25). The smallest absolute Gasteiger partial charge is 0.401 e. The number of ether oxygens (including phenoxy) is 1. The van der Waals surface area contributed by atoms with Crippen LogP contribution in [-0.4, -0.2) is 50.3 Å². The molecule has 2 aromatic rings. The number of carbonyl (C=O) groups excluding carboxylic acids is 1. The Morgan fingerprint density at radius 3 is 2.69 bits per heavy atom. The van der Waals surface area contributed by atoms with E-state index in [2.05, 4.69) is 21.2 Å². The van der Waals surface area contributed by atoms with Crippen molar-refractivity contribution in [3.05, 3.63) is 40.9 Å². The Morgan fingerprint density at radius 2 is 1.96 bits per heavy atom. The fourth-order valence-electron chi connectivity index (χ4n) is 2.48. The summed E-state index contributed by atoms with van der Waals surface area (Å²) in [6, 6.07) is 11.5. The molecule has 142 valence electrons. The van der Waals surface area contributed by atoms with Crippen molar-refractivity contribution in [3.8, 4) is 5.75 Å². The average Bonchev–Trinajstić information content (AvgIpc) is 2.57. The lowest BCUT2D eigenvalue weighted by Gasteiger charge is -2.18. The van der Waals surface area contributed by atoms with Gasteiger partial charge in [-0.2, -0.15) is 13.2 Å². The molecule has 0 saturated heterocycles. The van der Waals surface area contributed by atoms with E-state index in [-0.39, 0.29) is 19.1 Å². The lowest BCUT2D eigenvalue weighted by Crippen LogP contribution is -2.34. The van der Waals surface area contributed by atoms with Gasteiger partial charge in [-0.3, -0.25) is 9.69 Å². The summed E-state index contributed by atoms with van der Waals surface area (Å²) in [5, 5.41) is 4.68. The summed E-state index contributed by atoms with van der Waals surface area (Å²) in [6.07, 6.45) is -3.78. The van der Waals surface area contributed by atoms with Crippen molar-refractivity contribution in [2.75, 3.05) is 33.3 Å². The fourth-order valence-corrected chi connectivity index (χ4v) is 3.09. The van der Waals surface area contributed by atoms with Crippen LogP contribution in [0.4, 0.5) is 13.2 Å². The van der Waals surface area contributed by atoms with Crippen LogP contribution in [-0.2, 0) is 4.79 Å². The van der Waals surface area contributed by atoms with Crippen molar-refractivity contribution in [3.63, 3.8) is 0 Å². The highest BCUT2D eigenvalue weighted by Crippen LogP contribution is 2.32. The summed E-state index contributed by atoms with van der Waals surface area (Å²) >= 11 is 3.48. The second-order valence-electron chi connectivity index (χ2n) is 5.94. The molecule has 0 bridgehead atoms. The maximum atomic E-state index is 12.2. The van der Waals surface area contributed by atoms with Gasteiger partial charge in [0.15, 0.2) is 6.61 Å². The van der Waals surface area contributed by atoms with E-state index < -0.39 is 12.7 Å². The third-order valence-electron chi connectivity index (χ3n) is 3.67. The minimum absolute atomic E-state index is 0.157. The molecule has 2 rings (SSSR count). The van der Waals surface area contributed by atoms with Crippen LogP contribution in [0.15, 0.2) is 40.9 Å². The molecule has 0 fully saturated rings. The first-order valence-corrected chi connectivity index (χ1v) is 8.87. The predicted octanol–water partition coefficient (Wildman–Crippen LogP) is 3.98. The van der Waals surface area contributed by atoms with Crippen LogP contribution in [0.2, 0.25) is 0 Å². The third kappa shape index (κ3) is 6.49. The fraction of sp³-hybridized carbons (Fsp3) is 0.389. The summed E-state index contributed by atoms with van der Waals surface area (Å²) < 4.78 is 42.9. The Kier molecular flexibility index (Phi) is 7.28. The topological polar surface area (TPSA) is 41.6 Å². The van der Waals surface area contributed by atoms with Crippen LogP contribution in [0.3, 0.4) is 0 Å². The molecule has 0 spiro atoms. The Balaban J connectivity index is 1.73. The number of hydrogen-bond donors (Lipinski definition) is 1. The molecule has 0 aliphatic heterocycles. The Hall–Kier alpha value is -1.80. The van der Waals surface area contributed by atoms with E-state index in [9.17, 15) is 18.0 Å². The summed E-state index contributed by atoms with van der Waals surface area (Å²) in [7, 11) is 1.40. The number of hydrogen-bond acceptors (Lipinski definition) is 3. The molecule has 2 aromatic carbocycles. The largest absolute Gasteiger partial charge is 0.483 e. The molecular formula is C18H20BrF3N2O2. The zero-order valence-corrected chi connectivity index (χ0v) is 15.9. The predicted molar refractivity (Wildman–Crippen MR) is 98.3 cm³/mol. The van der Waals surface area contributed by atoms with Crippen LogP contribution in [0.1, 0.15) is 6.42 Å². The van der Waals surface area contributed by atoms with Gasteiger partial charge in [0.25, 0.3) is 5.91 Å². The number of fused-ring (bicyclic) bond motifs is 1. The van der Waals surface area contributed by atoms with E-state index in [1.807, 2.05) is 30.3 Å². The van der Waals surface area contributed by atoms with Gasteiger partial charge in [-0.1, -0.05) is 30.3 Å². The third-order valence-corrected chi connectivity index (χ3v) is 4.49. The average molecular weight is 433 g/mol. The summed E-state index contributed by atoms with van der Waals surface area (Å²) in [4.78, 5) is 13.0. The van der Waals surface area contributed by atoms with E-state index in [1.165, 1.54) is 11.9 Å². The number of nitrogens with one attached hydrogen (secondary N) is 1. The quantitative estimate of drug-likeness (QED) is 0.641. The molecule has 0 aliphatic carbocycles. The molecule has 4 nitrogen and oxygen atoms in total. The molecule has 8 heteroatoms. The second kappa shape index (κ2) is 9.23. The van der Waals surface area contributed by atoms with Gasteiger partial charge in [-0.05, 0) is 52.8 Å². The van der Waals surface area contributed by atoms with Crippen LogP contribution in [0.25, 0.3) is 10.8 Å². The van der Waals surface area contributed by atoms with Crippen molar-refractivity contribution in [1.82, 2.24) is 10.2 Å². The highest BCUT2D eigenvalue weighted by atomic mass is 79.9. The maximum absolute atomic E-state index is 12.2. The van der Waals surface area contributed by atoms with Gasteiger partial charge in [0.05, 0.1) is 11.0 Å². The molecule has 0 saturated carbocycles. The normalized spacial score (nSPS) is 11.8. The first-order chi connectivity index (χ1) is 12.3. The number of amides is 1. The van der Waals surface area contributed by atoms with Crippen LogP contribution >= 0.6 is 15.9 Å². The monoisotopic (exact) mass is 432 g/mol. The summed E-state index contributed by atoms with van der Waals surface area (Å²) in [5.74, 6) is 0.243. The van der Waals surface area contributed by atoms with Gasteiger partial charge >= 0.3 is 6.18 Å². The van der Waals surface area contributed by atoms with Gasteiger partial charge in [-0.15, -0.1) is 0 Å². The van der Waals surface area contributed by atoms with E-state index in [0.717, 1.165) is 15.2 Å². The van der Waals surface area contributed by atoms with Crippen molar-refractivity contribution < 1.29 is 22.7 Å². The van der Waals surface area contributed by atoms with Crippen molar-refractivity contribution in [1.29, 1.82) is 0 Å². The Labute approximate surface area is 158 Å². The first kappa shape index (κ1) is 20.5. The van der Waals surface area contributed by atoms with E-state index in [4.69, 9.17) is 4.74 Å². The van der Waals surface area contributed by atoms with Gasteiger partial charge < -0.3 is 10.1 Å². The molecule has 0 aromatic heterocycles. The van der Waals surface area contributed by atoms with Gasteiger partial charge in [0.2, 0.25) is 0 Å². The molecule has 0 unspecified atom stereocenters. The molecule has 1 amide bonds. The van der Waals surface area contributed by atoms with Crippen molar-refractivity contribution >= 4 is 32.6 Å². The Bertz CT molecular complexity index is 753. The van der Waals surface area contributed by atoms with Gasteiger partial charge in [0, 0.05) is 6.54 Å². The zero-order chi connectivity index (χ0) is 19.2. The highest BCUT2D eigenvalue weighted by molar-refractivity contribution is 9.10. The van der Waals surface area contributed by atoms with E-state index >= 15 is 0 Å². The minimum atomic E-state index is -4.21. The first-order valence-electron chi connectivity index (χ1n) is 8.08. The summed E-state index contributed by atoms with van der Waals surface area (Å²) in [5.41, 5.74) is 0. The van der Waals surface area contributed by atoms with E-state index in [0.29, 0.717) is 18.7 Å². The van der Waals surface area contributed by atoms with Crippen LogP contribution in [0.5, 0.6) is 5.75 Å². The number of rotatable bonds is 8. The molecule has 0 atom stereocenters. The molecular weight excluding hydrogens is 413 g/mol. The molecule has 1 N–H and O–H groups in total. The number of benzene rings is 2. The summed E-state index contributed by atoms with van der Waals surface area (Å²) in [6.45, 7) is -0.574. The number of carbonyl (C=O) groups is 1. The highest BCUT2D eigenvalue weighted by Gasteiger charge is 2.28. The minimum Gasteiger partial charge on any atom is -0.483 e. The second-order valence-corrected chi connectivity index (χ2v) is 6.74. The SMILES string of the molecule is CN(CCCNC(=O)COc1ccc2ccccc2c1Br)CC(F)(F)F. The van der Waals surface area contributed by atoms with Crippen LogP contribution in [0, 0.1) is 0 Å². The zero-order valence-electron chi connectivity index (χ0n) is 14.3. The number of halogens is 4. The molecule has 0 radical (unpaired) electrons. The van der Waals surface area contributed by atoms with Crippen LogP contribution < -0.4 is 10.1 Å². The maximum Gasteiger partial charge on any atom is 0.401 e. The Morgan fingerprint density at radius 1 is 1.23 bits per heavy atom. The van der Waals surface area contributed by atoms with E-state index in [1.54, 1.807) is 6.07 Å².